The lowest BCUT2D eigenvalue weighted by Crippen LogP contribution is -2.29. The minimum atomic E-state index is -0.200. The molecule has 21 heavy (non-hydrogen) atoms. The molecular formula is C14H18N6O. The van der Waals surface area contributed by atoms with Crippen molar-refractivity contribution in [3.8, 4) is 0 Å². The maximum Gasteiger partial charge on any atom is 0.281 e. The molecule has 0 radical (unpaired) electrons. The van der Waals surface area contributed by atoms with Crippen LogP contribution < -0.4 is 10.2 Å². The molecule has 7 heteroatoms. The first kappa shape index (κ1) is 13.7. The number of pyridine rings is 1. The Bertz CT molecular complexity index is 605. The Kier molecular flexibility index (Phi) is 3.92. The Balaban J connectivity index is 1.74. The normalized spacial score (nSPS) is 15.9. The lowest BCUT2D eigenvalue weighted by Gasteiger charge is -2.22. The molecule has 1 saturated heterocycles. The number of hydrogen-bond acceptors (Lipinski definition) is 5. The zero-order valence-corrected chi connectivity index (χ0v) is 11.9. The van der Waals surface area contributed by atoms with E-state index in [0.29, 0.717) is 17.6 Å². The molecule has 0 saturated carbocycles. The molecule has 1 N–H and O–H groups in total. The van der Waals surface area contributed by atoms with Crippen molar-refractivity contribution in [2.75, 3.05) is 25.0 Å². The first-order valence-electron chi connectivity index (χ1n) is 7.07. The molecule has 110 valence electrons. The van der Waals surface area contributed by atoms with Crippen molar-refractivity contribution in [2.45, 2.75) is 18.9 Å². The van der Waals surface area contributed by atoms with Gasteiger partial charge in [0.25, 0.3) is 5.91 Å². The van der Waals surface area contributed by atoms with Crippen molar-refractivity contribution in [1.82, 2.24) is 25.3 Å². The summed E-state index contributed by atoms with van der Waals surface area (Å²) in [7, 11) is 1.69. The van der Waals surface area contributed by atoms with Crippen LogP contribution in [0.2, 0.25) is 0 Å². The molecule has 0 atom stereocenters. The first-order valence-corrected chi connectivity index (χ1v) is 7.07. The number of nitrogens with one attached hydrogen (secondary N) is 1. The molecule has 0 unspecified atom stereocenters. The summed E-state index contributed by atoms with van der Waals surface area (Å²) in [5.74, 6) is 0.396. The Morgan fingerprint density at radius 1 is 1.38 bits per heavy atom. The topological polar surface area (TPSA) is 75.9 Å². The van der Waals surface area contributed by atoms with Gasteiger partial charge in [-0.3, -0.25) is 9.69 Å². The van der Waals surface area contributed by atoms with E-state index in [4.69, 9.17) is 0 Å². The zero-order chi connectivity index (χ0) is 14.7. The standard InChI is InChI=1S/C14H18N6O/c1-19(13-4-2-3-7-16-13)14(21)12-10-20(18-17-12)11-5-8-15-9-6-11/h2-4,7,10-11,15H,5-6,8-9H2,1H3. The number of rotatable bonds is 3. The Labute approximate surface area is 123 Å². The van der Waals surface area contributed by atoms with Gasteiger partial charge in [-0.25, -0.2) is 9.67 Å². The summed E-state index contributed by atoms with van der Waals surface area (Å²) in [6.45, 7) is 1.95. The fourth-order valence-electron chi connectivity index (χ4n) is 2.45. The summed E-state index contributed by atoms with van der Waals surface area (Å²) in [4.78, 5) is 18.0. The van der Waals surface area contributed by atoms with Gasteiger partial charge >= 0.3 is 0 Å². The predicted molar refractivity (Wildman–Crippen MR) is 78.1 cm³/mol. The third-order valence-electron chi connectivity index (χ3n) is 3.71. The summed E-state index contributed by atoms with van der Waals surface area (Å²) in [6.07, 6.45) is 5.41. The maximum atomic E-state index is 12.4. The second kappa shape index (κ2) is 6.01. The van der Waals surface area contributed by atoms with Crippen molar-refractivity contribution in [2.24, 2.45) is 0 Å². The van der Waals surface area contributed by atoms with E-state index in [1.807, 2.05) is 12.1 Å². The molecule has 1 fully saturated rings. The lowest BCUT2D eigenvalue weighted by atomic mass is 10.1. The number of carbonyl (C=O) groups is 1. The van der Waals surface area contributed by atoms with E-state index in [9.17, 15) is 4.79 Å². The minimum Gasteiger partial charge on any atom is -0.317 e. The monoisotopic (exact) mass is 286 g/mol. The molecule has 0 spiro atoms. The van der Waals surface area contributed by atoms with Gasteiger partial charge in [-0.15, -0.1) is 5.10 Å². The lowest BCUT2D eigenvalue weighted by molar-refractivity contribution is 0.0987. The number of anilines is 1. The van der Waals surface area contributed by atoms with E-state index in [-0.39, 0.29) is 5.91 Å². The van der Waals surface area contributed by atoms with E-state index < -0.39 is 0 Å². The Morgan fingerprint density at radius 3 is 2.90 bits per heavy atom. The second-order valence-electron chi connectivity index (χ2n) is 5.12. The summed E-state index contributed by atoms with van der Waals surface area (Å²) < 4.78 is 1.81. The quantitative estimate of drug-likeness (QED) is 0.906. The van der Waals surface area contributed by atoms with Crippen LogP contribution in [0, 0.1) is 0 Å². The molecule has 1 amide bonds. The van der Waals surface area contributed by atoms with Gasteiger partial charge in [-0.05, 0) is 38.1 Å². The number of hydrogen-bond donors (Lipinski definition) is 1. The number of piperidine rings is 1. The number of carbonyl (C=O) groups excluding carboxylic acids is 1. The highest BCUT2D eigenvalue weighted by Gasteiger charge is 2.21. The van der Waals surface area contributed by atoms with Gasteiger partial charge in [0.1, 0.15) is 5.82 Å². The summed E-state index contributed by atoms with van der Waals surface area (Å²) in [6, 6.07) is 5.77. The van der Waals surface area contributed by atoms with Crippen molar-refractivity contribution in [3.63, 3.8) is 0 Å². The van der Waals surface area contributed by atoms with Crippen molar-refractivity contribution in [3.05, 3.63) is 36.3 Å². The highest BCUT2D eigenvalue weighted by molar-refractivity contribution is 6.03. The Morgan fingerprint density at radius 2 is 2.19 bits per heavy atom. The smallest absolute Gasteiger partial charge is 0.281 e. The van der Waals surface area contributed by atoms with Crippen LogP contribution in [0.25, 0.3) is 0 Å². The van der Waals surface area contributed by atoms with E-state index >= 15 is 0 Å². The zero-order valence-electron chi connectivity index (χ0n) is 11.9. The summed E-state index contributed by atoms with van der Waals surface area (Å²) in [5, 5.41) is 11.4. The second-order valence-corrected chi connectivity index (χ2v) is 5.12. The molecule has 2 aromatic heterocycles. The van der Waals surface area contributed by atoms with Crippen LogP contribution in [0.4, 0.5) is 5.82 Å². The van der Waals surface area contributed by atoms with Gasteiger partial charge in [0.05, 0.1) is 12.2 Å². The molecular weight excluding hydrogens is 268 g/mol. The van der Waals surface area contributed by atoms with Gasteiger partial charge < -0.3 is 5.32 Å². The van der Waals surface area contributed by atoms with E-state index in [0.717, 1.165) is 25.9 Å². The third kappa shape index (κ3) is 2.92. The minimum absolute atomic E-state index is 0.200. The van der Waals surface area contributed by atoms with Crippen LogP contribution in [0.1, 0.15) is 29.4 Å². The molecule has 3 heterocycles. The van der Waals surface area contributed by atoms with Crippen molar-refractivity contribution >= 4 is 11.7 Å². The average Bonchev–Trinajstić information content (AvgIpc) is 3.05. The fourth-order valence-corrected chi connectivity index (χ4v) is 2.45. The Hall–Kier alpha value is -2.28. The first-order chi connectivity index (χ1) is 10.3. The molecule has 0 bridgehead atoms. The van der Waals surface area contributed by atoms with Crippen LogP contribution in [0.15, 0.2) is 30.6 Å². The van der Waals surface area contributed by atoms with Gasteiger partial charge in [-0.1, -0.05) is 11.3 Å². The van der Waals surface area contributed by atoms with Crippen LogP contribution >= 0.6 is 0 Å². The highest BCUT2D eigenvalue weighted by atomic mass is 16.2. The van der Waals surface area contributed by atoms with Gasteiger partial charge in [0.2, 0.25) is 0 Å². The number of amides is 1. The molecule has 1 aliphatic rings. The van der Waals surface area contributed by atoms with Gasteiger partial charge in [0, 0.05) is 13.2 Å². The molecule has 0 aromatic carbocycles. The van der Waals surface area contributed by atoms with Gasteiger partial charge in [-0.2, -0.15) is 0 Å². The molecule has 0 aliphatic carbocycles. The molecule has 1 aliphatic heterocycles. The van der Waals surface area contributed by atoms with Gasteiger partial charge in [0.15, 0.2) is 5.69 Å². The van der Waals surface area contributed by atoms with Crippen LogP contribution in [0.3, 0.4) is 0 Å². The fraction of sp³-hybridized carbons (Fsp3) is 0.429. The largest absolute Gasteiger partial charge is 0.317 e. The molecule has 7 nitrogen and oxygen atoms in total. The van der Waals surface area contributed by atoms with Crippen molar-refractivity contribution in [1.29, 1.82) is 0 Å². The van der Waals surface area contributed by atoms with E-state index in [1.54, 1.807) is 30.2 Å². The SMILES string of the molecule is CN(C(=O)c1cn(C2CCNCC2)nn1)c1ccccn1. The van der Waals surface area contributed by atoms with Crippen LogP contribution in [-0.2, 0) is 0 Å². The highest BCUT2D eigenvalue weighted by Crippen LogP contribution is 2.18. The summed E-state index contributed by atoms with van der Waals surface area (Å²) in [5.41, 5.74) is 0.349. The number of aromatic nitrogens is 4. The maximum absolute atomic E-state index is 12.4. The van der Waals surface area contributed by atoms with Crippen LogP contribution in [-0.4, -0.2) is 46.0 Å². The summed E-state index contributed by atoms with van der Waals surface area (Å²) >= 11 is 0. The molecule has 3 rings (SSSR count). The number of nitrogens with zero attached hydrogens (tertiary/aromatic N) is 5. The third-order valence-corrected chi connectivity index (χ3v) is 3.71. The average molecular weight is 286 g/mol. The van der Waals surface area contributed by atoms with E-state index in [1.165, 1.54) is 4.90 Å². The van der Waals surface area contributed by atoms with E-state index in [2.05, 4.69) is 20.6 Å². The molecule has 2 aromatic rings. The van der Waals surface area contributed by atoms with Crippen molar-refractivity contribution < 1.29 is 4.79 Å². The predicted octanol–water partition coefficient (Wildman–Crippen LogP) is 0.874. The van der Waals surface area contributed by atoms with Crippen LogP contribution in [0.5, 0.6) is 0 Å².